The molecule has 32 heavy (non-hydrogen) atoms. The van der Waals surface area contributed by atoms with Crippen LogP contribution >= 0.6 is 0 Å². The van der Waals surface area contributed by atoms with Gasteiger partial charge in [-0.25, -0.2) is 0 Å². The van der Waals surface area contributed by atoms with Gasteiger partial charge in [0.15, 0.2) is 6.61 Å². The van der Waals surface area contributed by atoms with Gasteiger partial charge in [-0.2, -0.15) is 5.26 Å². The first-order valence-electron chi connectivity index (χ1n) is 10.6. The highest BCUT2D eigenvalue weighted by Gasteiger charge is 2.21. The normalized spacial score (nSPS) is 14.2. The number of carbonyl (C=O) groups is 2. The van der Waals surface area contributed by atoms with Gasteiger partial charge < -0.3 is 15.0 Å². The minimum Gasteiger partial charge on any atom is -0.479 e. The first kappa shape index (κ1) is 23.0. The smallest absolute Gasteiger partial charge is 0.246 e. The van der Waals surface area contributed by atoms with Gasteiger partial charge in [0.25, 0.3) is 0 Å². The van der Waals surface area contributed by atoms with Crippen LogP contribution in [0.1, 0.15) is 16.7 Å². The Morgan fingerprint density at radius 2 is 1.72 bits per heavy atom. The van der Waals surface area contributed by atoms with Crippen molar-refractivity contribution in [1.82, 2.24) is 9.80 Å². The van der Waals surface area contributed by atoms with Crippen LogP contribution in [0.15, 0.2) is 48.5 Å². The number of nitriles is 1. The van der Waals surface area contributed by atoms with Crippen LogP contribution in [0.2, 0.25) is 0 Å². The van der Waals surface area contributed by atoms with Crippen LogP contribution in [-0.2, 0) is 9.59 Å². The van der Waals surface area contributed by atoms with E-state index in [4.69, 9.17) is 10.00 Å². The molecule has 1 fully saturated rings. The number of rotatable bonds is 7. The van der Waals surface area contributed by atoms with E-state index in [1.54, 1.807) is 29.2 Å². The van der Waals surface area contributed by atoms with Crippen molar-refractivity contribution < 1.29 is 14.3 Å². The molecule has 0 aromatic heterocycles. The quantitative estimate of drug-likeness (QED) is 0.680. The number of aryl methyl sites for hydroxylation is 2. The van der Waals surface area contributed by atoms with E-state index in [0.717, 1.165) is 22.4 Å². The standard InChI is InChI=1S/C25H28N4O3/c1-19-4-3-5-20(2)25(19)27-23(30)18-28-13-15-29(16-14-28)24(31)11-8-21-6-9-22(10-7-21)32-17-12-26/h3-11H,13-18H2,1-2H3,(H,27,30)/b11-8+. The Morgan fingerprint density at radius 1 is 1.06 bits per heavy atom. The number of hydrogen-bond donors (Lipinski definition) is 1. The minimum atomic E-state index is -0.0468. The van der Waals surface area contributed by atoms with Gasteiger partial charge in [0.1, 0.15) is 11.8 Å². The Balaban J connectivity index is 1.44. The number of carbonyl (C=O) groups excluding carboxylic acids is 2. The Bertz CT molecular complexity index is 996. The number of hydrogen-bond acceptors (Lipinski definition) is 5. The van der Waals surface area contributed by atoms with Crippen LogP contribution in [0.5, 0.6) is 5.75 Å². The molecule has 1 saturated heterocycles. The van der Waals surface area contributed by atoms with E-state index in [1.165, 1.54) is 0 Å². The Labute approximate surface area is 188 Å². The molecule has 1 aliphatic rings. The summed E-state index contributed by atoms with van der Waals surface area (Å²) in [6.07, 6.45) is 3.33. The fourth-order valence-corrected chi connectivity index (χ4v) is 3.58. The number of nitrogens with one attached hydrogen (secondary N) is 1. The Hall–Kier alpha value is -3.63. The highest BCUT2D eigenvalue weighted by atomic mass is 16.5. The SMILES string of the molecule is Cc1cccc(C)c1NC(=O)CN1CCN(C(=O)/C=C/c2ccc(OCC#N)cc2)CC1. The molecule has 7 nitrogen and oxygen atoms in total. The van der Waals surface area contributed by atoms with Crippen LogP contribution in [0, 0.1) is 25.2 Å². The molecule has 2 amide bonds. The molecule has 1 aliphatic heterocycles. The van der Waals surface area contributed by atoms with Gasteiger partial charge in [-0.05, 0) is 48.7 Å². The maximum atomic E-state index is 12.5. The summed E-state index contributed by atoms with van der Waals surface area (Å²) in [6, 6.07) is 15.1. The molecule has 1 heterocycles. The molecule has 1 N–H and O–H groups in total. The van der Waals surface area contributed by atoms with Gasteiger partial charge in [0.2, 0.25) is 11.8 Å². The van der Waals surface area contributed by atoms with E-state index in [1.807, 2.05) is 50.2 Å². The summed E-state index contributed by atoms with van der Waals surface area (Å²) in [5, 5.41) is 11.6. The van der Waals surface area contributed by atoms with Crippen molar-refractivity contribution in [3.8, 4) is 11.8 Å². The zero-order valence-corrected chi connectivity index (χ0v) is 18.5. The maximum Gasteiger partial charge on any atom is 0.246 e. The average molecular weight is 433 g/mol. The van der Waals surface area contributed by atoms with E-state index < -0.39 is 0 Å². The number of para-hydroxylation sites is 1. The lowest BCUT2D eigenvalue weighted by molar-refractivity contribution is -0.127. The molecule has 7 heteroatoms. The largest absolute Gasteiger partial charge is 0.479 e. The molecule has 0 aliphatic carbocycles. The third kappa shape index (κ3) is 6.43. The topological polar surface area (TPSA) is 85.7 Å². The second-order valence-corrected chi connectivity index (χ2v) is 7.77. The van der Waals surface area contributed by atoms with Gasteiger partial charge in [0, 0.05) is 37.9 Å². The third-order valence-electron chi connectivity index (χ3n) is 5.40. The fourth-order valence-electron chi connectivity index (χ4n) is 3.58. The molecule has 3 rings (SSSR count). The summed E-state index contributed by atoms with van der Waals surface area (Å²) in [5.74, 6) is 0.534. The molecule has 166 valence electrons. The maximum absolute atomic E-state index is 12.5. The number of piperazine rings is 1. The molecule has 0 radical (unpaired) electrons. The van der Waals surface area contributed by atoms with E-state index in [9.17, 15) is 9.59 Å². The third-order valence-corrected chi connectivity index (χ3v) is 5.40. The fraction of sp³-hybridized carbons (Fsp3) is 0.320. The second kappa shape index (κ2) is 11.1. The molecular weight excluding hydrogens is 404 g/mol. The van der Waals surface area contributed by atoms with Crippen molar-refractivity contribution in [2.45, 2.75) is 13.8 Å². The number of nitrogens with zero attached hydrogens (tertiary/aromatic N) is 3. The first-order valence-corrected chi connectivity index (χ1v) is 10.6. The van der Waals surface area contributed by atoms with Crippen LogP contribution in [0.4, 0.5) is 5.69 Å². The average Bonchev–Trinajstić information content (AvgIpc) is 2.80. The van der Waals surface area contributed by atoms with Gasteiger partial charge in [-0.1, -0.05) is 30.3 Å². The molecule has 0 saturated carbocycles. The summed E-state index contributed by atoms with van der Waals surface area (Å²) in [4.78, 5) is 28.8. The molecule has 0 spiro atoms. The highest BCUT2D eigenvalue weighted by molar-refractivity contribution is 5.94. The first-order chi connectivity index (χ1) is 15.5. The van der Waals surface area contributed by atoms with E-state index in [0.29, 0.717) is 38.5 Å². The van der Waals surface area contributed by atoms with Crippen LogP contribution < -0.4 is 10.1 Å². The summed E-state index contributed by atoms with van der Waals surface area (Å²) >= 11 is 0. The van der Waals surface area contributed by atoms with Crippen molar-refractivity contribution in [3.05, 3.63) is 65.2 Å². The minimum absolute atomic E-state index is 0.00679. The predicted octanol–water partition coefficient (Wildman–Crippen LogP) is 3.00. The van der Waals surface area contributed by atoms with Crippen molar-refractivity contribution in [3.63, 3.8) is 0 Å². The zero-order chi connectivity index (χ0) is 22.9. The summed E-state index contributed by atoms with van der Waals surface area (Å²) in [5.41, 5.74) is 3.85. The predicted molar refractivity (Wildman–Crippen MR) is 124 cm³/mol. The molecule has 0 atom stereocenters. The zero-order valence-electron chi connectivity index (χ0n) is 18.5. The number of ether oxygens (including phenoxy) is 1. The van der Waals surface area contributed by atoms with Crippen LogP contribution in [0.3, 0.4) is 0 Å². The van der Waals surface area contributed by atoms with E-state index in [2.05, 4.69) is 10.2 Å². The molecule has 0 bridgehead atoms. The van der Waals surface area contributed by atoms with Crippen LogP contribution in [0.25, 0.3) is 6.08 Å². The van der Waals surface area contributed by atoms with Crippen LogP contribution in [-0.4, -0.2) is 60.9 Å². The summed E-state index contributed by atoms with van der Waals surface area (Å²) < 4.78 is 5.22. The van der Waals surface area contributed by atoms with Crippen molar-refractivity contribution >= 4 is 23.6 Å². The van der Waals surface area contributed by atoms with E-state index >= 15 is 0 Å². The second-order valence-electron chi connectivity index (χ2n) is 7.77. The lowest BCUT2D eigenvalue weighted by Crippen LogP contribution is -2.50. The summed E-state index contributed by atoms with van der Waals surface area (Å²) in [7, 11) is 0. The van der Waals surface area contributed by atoms with Gasteiger partial charge in [-0.15, -0.1) is 0 Å². The van der Waals surface area contributed by atoms with Gasteiger partial charge in [0.05, 0.1) is 6.54 Å². The number of benzene rings is 2. The highest BCUT2D eigenvalue weighted by Crippen LogP contribution is 2.19. The molecular formula is C25H28N4O3. The number of amides is 2. The Morgan fingerprint density at radius 3 is 2.34 bits per heavy atom. The number of anilines is 1. The monoisotopic (exact) mass is 432 g/mol. The molecule has 0 unspecified atom stereocenters. The lowest BCUT2D eigenvalue weighted by atomic mass is 10.1. The molecule has 2 aromatic carbocycles. The van der Waals surface area contributed by atoms with Gasteiger partial charge in [-0.3, -0.25) is 14.5 Å². The Kier molecular flexibility index (Phi) is 8.01. The summed E-state index contributed by atoms with van der Waals surface area (Å²) in [6.45, 7) is 6.77. The van der Waals surface area contributed by atoms with Gasteiger partial charge >= 0.3 is 0 Å². The van der Waals surface area contributed by atoms with Crippen molar-refractivity contribution in [2.24, 2.45) is 0 Å². The molecule has 2 aromatic rings. The van der Waals surface area contributed by atoms with Crippen molar-refractivity contribution in [2.75, 3.05) is 44.6 Å². The van der Waals surface area contributed by atoms with E-state index in [-0.39, 0.29) is 18.4 Å². The van der Waals surface area contributed by atoms with Crippen molar-refractivity contribution in [1.29, 1.82) is 5.26 Å². The lowest BCUT2D eigenvalue weighted by Gasteiger charge is -2.33.